The van der Waals surface area contributed by atoms with Gasteiger partial charge < -0.3 is 15.2 Å². The van der Waals surface area contributed by atoms with Gasteiger partial charge in [0.25, 0.3) is 5.91 Å². The van der Waals surface area contributed by atoms with Crippen molar-refractivity contribution in [2.24, 2.45) is 0 Å². The fraction of sp³-hybridized carbons (Fsp3) is 0.286. The summed E-state index contributed by atoms with van der Waals surface area (Å²) in [6.45, 7) is 3.60. The molecule has 1 aromatic carbocycles. The molecule has 0 saturated heterocycles. The molecule has 2 aromatic rings. The first kappa shape index (κ1) is 11.9. The lowest BCUT2D eigenvalue weighted by atomic mass is 9.98. The van der Waals surface area contributed by atoms with Gasteiger partial charge in [0.1, 0.15) is 5.76 Å². The van der Waals surface area contributed by atoms with E-state index in [-0.39, 0.29) is 5.91 Å². The Morgan fingerprint density at radius 2 is 2.26 bits per heavy atom. The van der Waals surface area contributed by atoms with Gasteiger partial charge in [0.15, 0.2) is 5.82 Å². The molecule has 5 heteroatoms. The molecular weight excluding hydrogens is 242 g/mol. The highest BCUT2D eigenvalue weighted by molar-refractivity contribution is 6.03. The Labute approximate surface area is 111 Å². The number of nitrogens with zero attached hydrogens (tertiary/aromatic N) is 1. The zero-order valence-electron chi connectivity index (χ0n) is 10.7. The first-order chi connectivity index (χ1) is 9.22. The van der Waals surface area contributed by atoms with Gasteiger partial charge in [-0.25, -0.2) is 0 Å². The standard InChI is InChI=1S/C14H15N3O2/c1-9-6-13(17-19-9)16-14(18)11-3-2-10-4-5-15-8-12(10)7-11/h2-3,6-7,15H,4-5,8H2,1H3,(H,16,17,18). The van der Waals surface area contributed by atoms with E-state index in [1.807, 2.05) is 18.2 Å². The van der Waals surface area contributed by atoms with Gasteiger partial charge in [-0.3, -0.25) is 4.79 Å². The minimum Gasteiger partial charge on any atom is -0.360 e. The van der Waals surface area contributed by atoms with Crippen molar-refractivity contribution in [3.8, 4) is 0 Å². The molecule has 0 atom stereocenters. The number of amides is 1. The second-order valence-corrected chi connectivity index (χ2v) is 4.69. The molecule has 1 aliphatic rings. The highest BCUT2D eigenvalue weighted by Crippen LogP contribution is 2.17. The second kappa shape index (κ2) is 4.85. The third-order valence-corrected chi connectivity index (χ3v) is 3.22. The van der Waals surface area contributed by atoms with Crippen molar-refractivity contribution in [3.05, 3.63) is 46.7 Å². The summed E-state index contributed by atoms with van der Waals surface area (Å²) in [6, 6.07) is 7.51. The fourth-order valence-corrected chi connectivity index (χ4v) is 2.24. The monoisotopic (exact) mass is 257 g/mol. The molecule has 1 aliphatic heterocycles. The molecule has 0 radical (unpaired) electrons. The number of carbonyl (C=O) groups excluding carboxylic acids is 1. The van der Waals surface area contributed by atoms with Gasteiger partial charge in [-0.15, -0.1) is 0 Å². The molecule has 5 nitrogen and oxygen atoms in total. The maximum atomic E-state index is 12.1. The Morgan fingerprint density at radius 1 is 1.37 bits per heavy atom. The van der Waals surface area contributed by atoms with Crippen LogP contribution in [0.2, 0.25) is 0 Å². The second-order valence-electron chi connectivity index (χ2n) is 4.69. The zero-order valence-corrected chi connectivity index (χ0v) is 10.7. The smallest absolute Gasteiger partial charge is 0.256 e. The number of hydrogen-bond donors (Lipinski definition) is 2. The van der Waals surface area contributed by atoms with Crippen molar-refractivity contribution in [3.63, 3.8) is 0 Å². The van der Waals surface area contributed by atoms with E-state index in [2.05, 4.69) is 15.8 Å². The van der Waals surface area contributed by atoms with E-state index in [1.54, 1.807) is 13.0 Å². The molecule has 19 heavy (non-hydrogen) atoms. The quantitative estimate of drug-likeness (QED) is 0.862. The average Bonchev–Trinajstić information content (AvgIpc) is 2.83. The van der Waals surface area contributed by atoms with Gasteiger partial charge in [-0.2, -0.15) is 0 Å². The number of hydrogen-bond acceptors (Lipinski definition) is 4. The van der Waals surface area contributed by atoms with Crippen LogP contribution in [-0.2, 0) is 13.0 Å². The molecule has 0 bridgehead atoms. The number of benzene rings is 1. The van der Waals surface area contributed by atoms with Crippen LogP contribution in [0.15, 0.2) is 28.8 Å². The molecule has 0 saturated carbocycles. The maximum Gasteiger partial charge on any atom is 0.256 e. The van der Waals surface area contributed by atoms with Crippen LogP contribution < -0.4 is 10.6 Å². The van der Waals surface area contributed by atoms with E-state index in [0.29, 0.717) is 17.1 Å². The summed E-state index contributed by atoms with van der Waals surface area (Å²) < 4.78 is 4.92. The summed E-state index contributed by atoms with van der Waals surface area (Å²) in [6.07, 6.45) is 1.01. The molecular formula is C14H15N3O2. The Balaban J connectivity index is 1.80. The van der Waals surface area contributed by atoms with Gasteiger partial charge in [0, 0.05) is 18.2 Å². The average molecular weight is 257 g/mol. The summed E-state index contributed by atoms with van der Waals surface area (Å²) in [4.78, 5) is 12.1. The van der Waals surface area contributed by atoms with Crippen molar-refractivity contribution in [1.82, 2.24) is 10.5 Å². The Morgan fingerprint density at radius 3 is 3.05 bits per heavy atom. The summed E-state index contributed by atoms with van der Waals surface area (Å²) in [7, 11) is 0. The first-order valence-corrected chi connectivity index (χ1v) is 6.29. The molecule has 1 aromatic heterocycles. The van der Waals surface area contributed by atoms with E-state index < -0.39 is 0 Å². The summed E-state index contributed by atoms with van der Waals surface area (Å²) in [5.41, 5.74) is 3.14. The van der Waals surface area contributed by atoms with Gasteiger partial charge in [0.2, 0.25) is 0 Å². The van der Waals surface area contributed by atoms with Crippen molar-refractivity contribution in [1.29, 1.82) is 0 Å². The van der Waals surface area contributed by atoms with E-state index in [0.717, 1.165) is 19.5 Å². The molecule has 3 rings (SSSR count). The number of anilines is 1. The number of aryl methyl sites for hydroxylation is 1. The number of fused-ring (bicyclic) bond motifs is 1. The molecule has 2 N–H and O–H groups in total. The Kier molecular flexibility index (Phi) is 3.05. The van der Waals surface area contributed by atoms with Crippen molar-refractivity contribution in [2.75, 3.05) is 11.9 Å². The predicted molar refractivity (Wildman–Crippen MR) is 71.0 cm³/mol. The van der Waals surface area contributed by atoms with Gasteiger partial charge in [-0.1, -0.05) is 11.2 Å². The van der Waals surface area contributed by atoms with Crippen LogP contribution >= 0.6 is 0 Å². The lowest BCUT2D eigenvalue weighted by Gasteiger charge is -2.17. The van der Waals surface area contributed by atoms with Crippen LogP contribution in [0.3, 0.4) is 0 Å². The van der Waals surface area contributed by atoms with E-state index in [9.17, 15) is 4.79 Å². The minimum absolute atomic E-state index is 0.165. The molecule has 0 unspecified atom stereocenters. The van der Waals surface area contributed by atoms with Crippen LogP contribution in [-0.4, -0.2) is 17.6 Å². The summed E-state index contributed by atoms with van der Waals surface area (Å²) in [5, 5.41) is 9.77. The summed E-state index contributed by atoms with van der Waals surface area (Å²) in [5.74, 6) is 0.949. The fourth-order valence-electron chi connectivity index (χ4n) is 2.24. The van der Waals surface area contributed by atoms with Crippen LogP contribution in [0, 0.1) is 6.92 Å². The Bertz CT molecular complexity index is 619. The highest BCUT2D eigenvalue weighted by atomic mass is 16.5. The van der Waals surface area contributed by atoms with Crippen LogP contribution in [0.1, 0.15) is 27.2 Å². The van der Waals surface area contributed by atoms with E-state index >= 15 is 0 Å². The molecule has 0 fully saturated rings. The van der Waals surface area contributed by atoms with E-state index in [1.165, 1.54) is 11.1 Å². The SMILES string of the molecule is Cc1cc(NC(=O)c2ccc3c(c2)CNCC3)no1. The number of aromatic nitrogens is 1. The van der Waals surface area contributed by atoms with Crippen LogP contribution in [0.5, 0.6) is 0 Å². The molecule has 2 heterocycles. The maximum absolute atomic E-state index is 12.1. The van der Waals surface area contributed by atoms with Gasteiger partial charge in [0.05, 0.1) is 0 Å². The molecule has 1 amide bonds. The number of carbonyl (C=O) groups is 1. The van der Waals surface area contributed by atoms with Crippen molar-refractivity contribution < 1.29 is 9.32 Å². The molecule has 0 aliphatic carbocycles. The lowest BCUT2D eigenvalue weighted by Crippen LogP contribution is -2.24. The van der Waals surface area contributed by atoms with E-state index in [4.69, 9.17) is 4.52 Å². The lowest BCUT2D eigenvalue weighted by molar-refractivity contribution is 0.102. The van der Waals surface area contributed by atoms with Crippen LogP contribution in [0.4, 0.5) is 5.82 Å². The first-order valence-electron chi connectivity index (χ1n) is 6.29. The van der Waals surface area contributed by atoms with Crippen LogP contribution in [0.25, 0.3) is 0 Å². The largest absolute Gasteiger partial charge is 0.360 e. The summed E-state index contributed by atoms with van der Waals surface area (Å²) >= 11 is 0. The zero-order chi connectivity index (χ0) is 13.2. The van der Waals surface area contributed by atoms with Gasteiger partial charge in [-0.05, 0) is 43.1 Å². The third-order valence-electron chi connectivity index (χ3n) is 3.22. The highest BCUT2D eigenvalue weighted by Gasteiger charge is 2.13. The predicted octanol–water partition coefficient (Wildman–Crippen LogP) is 1.88. The normalized spacial score (nSPS) is 13.9. The van der Waals surface area contributed by atoms with Gasteiger partial charge >= 0.3 is 0 Å². The minimum atomic E-state index is -0.165. The topological polar surface area (TPSA) is 67.2 Å². The van der Waals surface area contributed by atoms with Crippen molar-refractivity contribution >= 4 is 11.7 Å². The third kappa shape index (κ3) is 2.51. The van der Waals surface area contributed by atoms with Crippen molar-refractivity contribution in [2.45, 2.75) is 19.9 Å². The number of nitrogens with one attached hydrogen (secondary N) is 2. The molecule has 98 valence electrons. The number of rotatable bonds is 2. The Hall–Kier alpha value is -2.14. The molecule has 0 spiro atoms.